The predicted molar refractivity (Wildman–Crippen MR) is 78.0 cm³/mol. The molecule has 0 fully saturated rings. The lowest BCUT2D eigenvalue weighted by Gasteiger charge is -2.09. The molecule has 0 atom stereocenters. The number of nitro groups is 1. The summed E-state index contributed by atoms with van der Waals surface area (Å²) in [6, 6.07) is 6.64. The van der Waals surface area contributed by atoms with Gasteiger partial charge in [0.05, 0.1) is 18.1 Å². The number of ether oxygens (including phenoxy) is 1. The molecular formula is C14H18N4O3. The zero-order valence-electron chi connectivity index (χ0n) is 11.9. The van der Waals surface area contributed by atoms with Crippen LogP contribution < -0.4 is 5.32 Å². The zero-order valence-corrected chi connectivity index (χ0v) is 11.9. The largest absolute Gasteiger partial charge is 0.383 e. The second-order valence-electron chi connectivity index (χ2n) is 4.57. The first-order valence-electron chi connectivity index (χ1n) is 6.63. The van der Waals surface area contributed by atoms with E-state index in [1.165, 1.54) is 6.07 Å². The topological polar surface area (TPSA) is 82.2 Å². The zero-order chi connectivity index (χ0) is 15.1. The molecular weight excluding hydrogens is 272 g/mol. The number of nitrogens with zero attached hydrogens (tertiary/aromatic N) is 3. The minimum absolute atomic E-state index is 0.104. The molecule has 0 radical (unpaired) electrons. The fraction of sp³-hybridized carbons (Fsp3) is 0.357. The lowest BCUT2D eigenvalue weighted by molar-refractivity contribution is -0.384. The van der Waals surface area contributed by atoms with Crippen molar-refractivity contribution >= 4 is 5.69 Å². The van der Waals surface area contributed by atoms with Crippen molar-refractivity contribution in [2.24, 2.45) is 0 Å². The normalized spacial score (nSPS) is 10.7. The van der Waals surface area contributed by atoms with Crippen LogP contribution in [0.15, 0.2) is 36.7 Å². The fourth-order valence-electron chi connectivity index (χ4n) is 1.99. The molecule has 0 aliphatic heterocycles. The highest BCUT2D eigenvalue weighted by Gasteiger charge is 2.08. The van der Waals surface area contributed by atoms with Gasteiger partial charge in [0, 0.05) is 44.7 Å². The number of methoxy groups -OCH3 is 1. The molecule has 1 heterocycles. The predicted octanol–water partition coefficient (Wildman–Crippen LogP) is 1.58. The van der Waals surface area contributed by atoms with Gasteiger partial charge >= 0.3 is 0 Å². The number of imidazole rings is 1. The number of nitrogens with one attached hydrogen (secondary N) is 1. The van der Waals surface area contributed by atoms with Crippen LogP contribution in [0.5, 0.6) is 0 Å². The standard InChI is InChI=1S/C14H18N4O3/c1-21-8-6-15-10-14-16-5-7-17(14)11-12-3-2-4-13(9-12)18(19)20/h2-5,7,9,15H,6,8,10-11H2,1H3. The van der Waals surface area contributed by atoms with E-state index in [0.717, 1.165) is 17.9 Å². The molecule has 0 unspecified atom stereocenters. The molecule has 2 rings (SSSR count). The summed E-state index contributed by atoms with van der Waals surface area (Å²) in [6.45, 7) is 2.58. The Labute approximate surface area is 122 Å². The Morgan fingerprint density at radius 1 is 1.48 bits per heavy atom. The van der Waals surface area contributed by atoms with E-state index in [9.17, 15) is 10.1 Å². The average Bonchev–Trinajstić information content (AvgIpc) is 2.91. The third-order valence-electron chi connectivity index (χ3n) is 3.04. The van der Waals surface area contributed by atoms with Crippen molar-refractivity contribution in [1.82, 2.24) is 14.9 Å². The minimum Gasteiger partial charge on any atom is -0.383 e. The van der Waals surface area contributed by atoms with Crippen LogP contribution in [-0.2, 0) is 17.8 Å². The molecule has 0 saturated heterocycles. The van der Waals surface area contributed by atoms with Crippen LogP contribution in [-0.4, -0.2) is 34.7 Å². The summed E-state index contributed by atoms with van der Waals surface area (Å²) in [5, 5.41) is 14.0. The van der Waals surface area contributed by atoms with E-state index >= 15 is 0 Å². The van der Waals surface area contributed by atoms with Crippen LogP contribution >= 0.6 is 0 Å². The Balaban J connectivity index is 2.01. The number of non-ortho nitro benzene ring substituents is 1. The second-order valence-corrected chi connectivity index (χ2v) is 4.57. The van der Waals surface area contributed by atoms with Gasteiger partial charge < -0.3 is 14.6 Å². The quantitative estimate of drug-likeness (QED) is 0.453. The monoisotopic (exact) mass is 290 g/mol. The van der Waals surface area contributed by atoms with Crippen molar-refractivity contribution in [3.05, 3.63) is 58.2 Å². The molecule has 7 heteroatoms. The molecule has 0 saturated carbocycles. The first-order valence-corrected chi connectivity index (χ1v) is 6.63. The van der Waals surface area contributed by atoms with Crippen molar-refractivity contribution in [3.63, 3.8) is 0 Å². The van der Waals surface area contributed by atoms with Gasteiger partial charge in [-0.3, -0.25) is 10.1 Å². The molecule has 112 valence electrons. The molecule has 1 N–H and O–H groups in total. The van der Waals surface area contributed by atoms with Gasteiger partial charge in [-0.2, -0.15) is 0 Å². The van der Waals surface area contributed by atoms with Gasteiger partial charge in [0.2, 0.25) is 0 Å². The van der Waals surface area contributed by atoms with E-state index in [4.69, 9.17) is 4.74 Å². The Morgan fingerprint density at radius 3 is 3.10 bits per heavy atom. The van der Waals surface area contributed by atoms with Crippen molar-refractivity contribution in [3.8, 4) is 0 Å². The Morgan fingerprint density at radius 2 is 2.33 bits per heavy atom. The van der Waals surface area contributed by atoms with Gasteiger partial charge in [-0.1, -0.05) is 12.1 Å². The summed E-state index contributed by atoms with van der Waals surface area (Å²) in [4.78, 5) is 14.7. The fourth-order valence-corrected chi connectivity index (χ4v) is 1.99. The smallest absolute Gasteiger partial charge is 0.269 e. The molecule has 7 nitrogen and oxygen atoms in total. The minimum atomic E-state index is -0.384. The molecule has 2 aromatic rings. The second kappa shape index (κ2) is 7.51. The van der Waals surface area contributed by atoms with Crippen molar-refractivity contribution in [2.45, 2.75) is 13.1 Å². The number of rotatable bonds is 8. The van der Waals surface area contributed by atoms with Gasteiger partial charge in [-0.05, 0) is 5.56 Å². The summed E-state index contributed by atoms with van der Waals surface area (Å²) in [5.74, 6) is 0.887. The molecule has 0 aliphatic carbocycles. The molecule has 1 aromatic heterocycles. The van der Waals surface area contributed by atoms with Crippen LogP contribution in [0.2, 0.25) is 0 Å². The van der Waals surface area contributed by atoms with Crippen LogP contribution in [0.4, 0.5) is 5.69 Å². The number of nitro benzene ring substituents is 1. The third kappa shape index (κ3) is 4.37. The van der Waals surface area contributed by atoms with Crippen molar-refractivity contribution in [1.29, 1.82) is 0 Å². The summed E-state index contributed by atoms with van der Waals surface area (Å²) < 4.78 is 6.94. The maximum Gasteiger partial charge on any atom is 0.269 e. The maximum atomic E-state index is 10.8. The van der Waals surface area contributed by atoms with E-state index in [0.29, 0.717) is 19.7 Å². The third-order valence-corrected chi connectivity index (χ3v) is 3.04. The average molecular weight is 290 g/mol. The Hall–Kier alpha value is -2.25. The van der Waals surface area contributed by atoms with E-state index in [-0.39, 0.29) is 10.6 Å². The van der Waals surface area contributed by atoms with E-state index in [1.54, 1.807) is 25.4 Å². The van der Waals surface area contributed by atoms with Crippen molar-refractivity contribution in [2.75, 3.05) is 20.3 Å². The Bertz CT molecular complexity index is 597. The summed E-state index contributed by atoms with van der Waals surface area (Å²) >= 11 is 0. The molecule has 0 aliphatic rings. The van der Waals surface area contributed by atoms with E-state index in [1.807, 2.05) is 16.8 Å². The van der Waals surface area contributed by atoms with Gasteiger partial charge in [-0.15, -0.1) is 0 Å². The molecule has 1 aromatic carbocycles. The number of hydrogen-bond donors (Lipinski definition) is 1. The number of hydrogen-bond acceptors (Lipinski definition) is 5. The van der Waals surface area contributed by atoms with E-state index < -0.39 is 0 Å². The highest BCUT2D eigenvalue weighted by atomic mass is 16.6. The van der Waals surface area contributed by atoms with E-state index in [2.05, 4.69) is 10.3 Å². The lowest BCUT2D eigenvalue weighted by atomic mass is 10.2. The first kappa shape index (κ1) is 15.1. The van der Waals surface area contributed by atoms with Gasteiger partial charge in [0.25, 0.3) is 5.69 Å². The van der Waals surface area contributed by atoms with Gasteiger partial charge in [0.1, 0.15) is 5.82 Å². The van der Waals surface area contributed by atoms with Crippen LogP contribution in [0.3, 0.4) is 0 Å². The van der Waals surface area contributed by atoms with Crippen LogP contribution in [0.1, 0.15) is 11.4 Å². The molecule has 21 heavy (non-hydrogen) atoms. The SMILES string of the molecule is COCCNCc1nccn1Cc1cccc([N+](=O)[O-])c1. The van der Waals surface area contributed by atoms with Crippen LogP contribution in [0, 0.1) is 10.1 Å². The molecule has 0 bridgehead atoms. The lowest BCUT2D eigenvalue weighted by Crippen LogP contribution is -2.21. The summed E-state index contributed by atoms with van der Waals surface area (Å²) in [6.07, 6.45) is 3.59. The summed E-state index contributed by atoms with van der Waals surface area (Å²) in [5.41, 5.74) is 0.979. The number of aromatic nitrogens is 2. The van der Waals surface area contributed by atoms with Crippen LogP contribution in [0.25, 0.3) is 0 Å². The molecule has 0 spiro atoms. The van der Waals surface area contributed by atoms with Crippen molar-refractivity contribution < 1.29 is 9.66 Å². The maximum absolute atomic E-state index is 10.8. The van der Waals surface area contributed by atoms with Gasteiger partial charge in [-0.25, -0.2) is 4.98 Å². The first-order chi connectivity index (χ1) is 10.2. The highest BCUT2D eigenvalue weighted by Crippen LogP contribution is 2.14. The number of benzene rings is 1. The Kier molecular flexibility index (Phi) is 5.42. The van der Waals surface area contributed by atoms with Gasteiger partial charge in [0.15, 0.2) is 0 Å². The molecule has 0 amide bonds. The summed E-state index contributed by atoms with van der Waals surface area (Å²) in [7, 11) is 1.66. The highest BCUT2D eigenvalue weighted by molar-refractivity contribution is 5.34.